The molecular weight excluding hydrogens is 248 g/mol. The highest BCUT2D eigenvalue weighted by atomic mass is 33.1. The quantitative estimate of drug-likeness (QED) is 0.665. The molecule has 3 heteroatoms. The summed E-state index contributed by atoms with van der Waals surface area (Å²) in [6.07, 6.45) is 0. The van der Waals surface area contributed by atoms with Gasteiger partial charge in [0.15, 0.2) is 0 Å². The minimum absolute atomic E-state index is 0.0470. The highest BCUT2D eigenvalue weighted by Gasteiger charge is 2.21. The Hall–Kier alpha value is -1.19. The summed E-state index contributed by atoms with van der Waals surface area (Å²) >= 11 is 4.02. The van der Waals surface area contributed by atoms with Gasteiger partial charge in [-0.2, -0.15) is 0 Å². The average molecular weight is 260 g/mol. The van der Waals surface area contributed by atoms with Gasteiger partial charge in [-0.15, -0.1) is 11.7 Å². The lowest BCUT2D eigenvalue weighted by Gasteiger charge is -2.14. The first-order valence-electron chi connectivity index (χ1n) is 5.28. The molecule has 17 heavy (non-hydrogen) atoms. The Morgan fingerprint density at radius 1 is 0.882 bits per heavy atom. The standard InChI is InChI=1S/C14H12OS2/c15-14(17-16)13(11-7-3-1-4-8-11)12-9-5-2-6-10-12/h1-10,13,16H. The fourth-order valence-corrected chi connectivity index (χ4v) is 2.50. The van der Waals surface area contributed by atoms with Gasteiger partial charge in [0, 0.05) is 0 Å². The zero-order valence-corrected chi connectivity index (χ0v) is 10.8. The van der Waals surface area contributed by atoms with Crippen LogP contribution in [0.3, 0.4) is 0 Å². The molecule has 0 amide bonds. The number of carbonyl (C=O) groups excluding carboxylic acids is 1. The maximum absolute atomic E-state index is 12.0. The van der Waals surface area contributed by atoms with Crippen LogP contribution in [-0.2, 0) is 4.79 Å². The predicted octanol–water partition coefficient (Wildman–Crippen LogP) is 3.92. The summed E-state index contributed by atoms with van der Waals surface area (Å²) < 4.78 is 0. The SMILES string of the molecule is O=C(SS)C(c1ccccc1)c1ccccc1. The van der Waals surface area contributed by atoms with Crippen molar-refractivity contribution < 1.29 is 4.79 Å². The molecule has 0 saturated carbocycles. The molecule has 1 nitrogen and oxygen atoms in total. The molecule has 0 radical (unpaired) electrons. The van der Waals surface area contributed by atoms with Crippen LogP contribution in [0.1, 0.15) is 17.0 Å². The maximum Gasteiger partial charge on any atom is 0.211 e. The molecule has 0 atom stereocenters. The summed E-state index contributed by atoms with van der Waals surface area (Å²) in [6.45, 7) is 0. The van der Waals surface area contributed by atoms with Crippen molar-refractivity contribution in [1.29, 1.82) is 0 Å². The van der Waals surface area contributed by atoms with E-state index in [0.29, 0.717) is 0 Å². The van der Waals surface area contributed by atoms with Crippen molar-refractivity contribution in [3.63, 3.8) is 0 Å². The van der Waals surface area contributed by atoms with E-state index in [1.165, 1.54) is 0 Å². The minimum Gasteiger partial charge on any atom is -0.285 e. The first-order chi connectivity index (χ1) is 8.33. The predicted molar refractivity (Wildman–Crippen MR) is 76.3 cm³/mol. The molecule has 0 saturated heterocycles. The summed E-state index contributed by atoms with van der Waals surface area (Å²) in [5.41, 5.74) is 2.01. The van der Waals surface area contributed by atoms with Crippen molar-refractivity contribution in [1.82, 2.24) is 0 Å². The molecule has 2 aromatic carbocycles. The Labute approximate surface area is 110 Å². The third-order valence-electron chi connectivity index (χ3n) is 2.59. The van der Waals surface area contributed by atoms with E-state index < -0.39 is 0 Å². The van der Waals surface area contributed by atoms with Crippen molar-refractivity contribution in [2.45, 2.75) is 5.92 Å². The average Bonchev–Trinajstić information content (AvgIpc) is 2.41. The highest BCUT2D eigenvalue weighted by molar-refractivity contribution is 8.74. The third kappa shape index (κ3) is 2.93. The van der Waals surface area contributed by atoms with Crippen LogP contribution in [0, 0.1) is 0 Å². The molecule has 0 spiro atoms. The zero-order chi connectivity index (χ0) is 12.1. The van der Waals surface area contributed by atoms with E-state index in [4.69, 9.17) is 0 Å². The van der Waals surface area contributed by atoms with Crippen molar-refractivity contribution in [3.8, 4) is 0 Å². The summed E-state index contributed by atoms with van der Waals surface area (Å²) in [5.74, 6) is -0.236. The minimum atomic E-state index is -0.236. The Bertz CT molecular complexity index is 443. The first kappa shape index (κ1) is 12.3. The van der Waals surface area contributed by atoms with Crippen LogP contribution in [0.5, 0.6) is 0 Å². The van der Waals surface area contributed by atoms with Gasteiger partial charge >= 0.3 is 0 Å². The lowest BCUT2D eigenvalue weighted by atomic mass is 9.92. The van der Waals surface area contributed by atoms with Crippen LogP contribution in [0.2, 0.25) is 0 Å². The summed E-state index contributed by atoms with van der Waals surface area (Å²) in [6, 6.07) is 19.6. The monoisotopic (exact) mass is 260 g/mol. The van der Waals surface area contributed by atoms with E-state index in [1.54, 1.807) is 0 Å². The Balaban J connectivity index is 2.43. The van der Waals surface area contributed by atoms with E-state index >= 15 is 0 Å². The lowest BCUT2D eigenvalue weighted by molar-refractivity contribution is -0.111. The topological polar surface area (TPSA) is 17.1 Å². The van der Waals surface area contributed by atoms with Gasteiger partial charge < -0.3 is 0 Å². The molecular formula is C14H12OS2. The van der Waals surface area contributed by atoms with Gasteiger partial charge in [-0.05, 0) is 21.9 Å². The van der Waals surface area contributed by atoms with E-state index in [-0.39, 0.29) is 11.0 Å². The van der Waals surface area contributed by atoms with Crippen molar-refractivity contribution >= 4 is 27.6 Å². The normalized spacial score (nSPS) is 10.5. The summed E-state index contributed by atoms with van der Waals surface area (Å²) in [5, 5.41) is 0.0470. The van der Waals surface area contributed by atoms with E-state index in [1.807, 2.05) is 60.7 Å². The largest absolute Gasteiger partial charge is 0.285 e. The number of thiol groups is 1. The van der Waals surface area contributed by atoms with E-state index in [2.05, 4.69) is 11.7 Å². The fraction of sp³-hybridized carbons (Fsp3) is 0.0714. The maximum atomic E-state index is 12.0. The highest BCUT2D eigenvalue weighted by Crippen LogP contribution is 2.30. The second kappa shape index (κ2) is 5.94. The fourth-order valence-electron chi connectivity index (χ4n) is 1.81. The summed E-state index contributed by atoms with van der Waals surface area (Å²) in [4.78, 5) is 12.0. The van der Waals surface area contributed by atoms with E-state index in [9.17, 15) is 4.79 Å². The summed E-state index contributed by atoms with van der Waals surface area (Å²) in [7, 11) is 0.978. The number of carbonyl (C=O) groups is 1. The van der Waals surface area contributed by atoms with Crippen LogP contribution < -0.4 is 0 Å². The molecule has 0 fully saturated rings. The zero-order valence-electron chi connectivity index (χ0n) is 9.11. The Morgan fingerprint density at radius 3 is 1.65 bits per heavy atom. The van der Waals surface area contributed by atoms with E-state index in [0.717, 1.165) is 21.9 Å². The number of benzene rings is 2. The molecule has 0 aliphatic carbocycles. The number of hydrogen-bond acceptors (Lipinski definition) is 3. The van der Waals surface area contributed by atoms with Crippen molar-refractivity contribution in [2.24, 2.45) is 0 Å². The third-order valence-corrected chi connectivity index (χ3v) is 3.55. The first-order valence-corrected chi connectivity index (χ1v) is 7.15. The van der Waals surface area contributed by atoms with Crippen molar-refractivity contribution in [3.05, 3.63) is 71.8 Å². The molecule has 2 rings (SSSR count). The van der Waals surface area contributed by atoms with Gasteiger partial charge in [-0.25, -0.2) is 0 Å². The molecule has 0 heterocycles. The van der Waals surface area contributed by atoms with Crippen LogP contribution in [0.25, 0.3) is 0 Å². The van der Waals surface area contributed by atoms with Gasteiger partial charge in [0.25, 0.3) is 0 Å². The van der Waals surface area contributed by atoms with Gasteiger partial charge in [0.05, 0.1) is 5.92 Å². The molecule has 86 valence electrons. The molecule has 2 aromatic rings. The second-order valence-electron chi connectivity index (χ2n) is 3.66. The second-order valence-corrected chi connectivity index (χ2v) is 4.80. The van der Waals surface area contributed by atoms with Crippen LogP contribution in [-0.4, -0.2) is 5.12 Å². The Kier molecular flexibility index (Phi) is 4.29. The van der Waals surface area contributed by atoms with Crippen LogP contribution in [0.4, 0.5) is 0 Å². The Morgan fingerprint density at radius 2 is 1.29 bits per heavy atom. The van der Waals surface area contributed by atoms with Gasteiger partial charge in [0.1, 0.15) is 0 Å². The van der Waals surface area contributed by atoms with Gasteiger partial charge in [-0.3, -0.25) is 4.79 Å². The molecule has 0 bridgehead atoms. The number of hydrogen-bond donors (Lipinski definition) is 1. The molecule has 0 N–H and O–H groups in total. The van der Waals surface area contributed by atoms with Gasteiger partial charge in [-0.1, -0.05) is 60.7 Å². The number of rotatable bonds is 3. The molecule has 0 unspecified atom stereocenters. The smallest absolute Gasteiger partial charge is 0.211 e. The van der Waals surface area contributed by atoms with Crippen LogP contribution >= 0.6 is 22.5 Å². The van der Waals surface area contributed by atoms with Crippen LogP contribution in [0.15, 0.2) is 60.7 Å². The lowest BCUT2D eigenvalue weighted by Crippen LogP contribution is -2.09. The van der Waals surface area contributed by atoms with Crippen molar-refractivity contribution in [2.75, 3.05) is 0 Å². The molecule has 0 aliphatic heterocycles. The molecule has 0 aliphatic rings. The van der Waals surface area contributed by atoms with Gasteiger partial charge in [0.2, 0.25) is 5.12 Å². The molecule has 0 aromatic heterocycles.